The molecule has 4 rings (SSSR count). The quantitative estimate of drug-likeness (QED) is 0.724. The summed E-state index contributed by atoms with van der Waals surface area (Å²) in [6.07, 6.45) is 8.81. The largest absolute Gasteiger partial charge is 0.382 e. The number of nitrogens with zero attached hydrogens (tertiary/aromatic N) is 2. The van der Waals surface area contributed by atoms with Gasteiger partial charge in [0.1, 0.15) is 0 Å². The summed E-state index contributed by atoms with van der Waals surface area (Å²) in [4.78, 5) is 4.81. The standard InChI is InChI=1S/C16H17BN2O/c1-2-5-15-14(4-1)7-8-17-16(6-3-9-19(15)17)18-10-12-20-13-11-18/h1-9H,10-13H2. The molecule has 1 fully saturated rings. The Morgan fingerprint density at radius 1 is 1.10 bits per heavy atom. The highest BCUT2D eigenvalue weighted by Crippen LogP contribution is 2.32. The first kappa shape index (κ1) is 11.9. The van der Waals surface area contributed by atoms with Crippen LogP contribution < -0.4 is 4.81 Å². The van der Waals surface area contributed by atoms with Crippen molar-refractivity contribution in [2.45, 2.75) is 0 Å². The van der Waals surface area contributed by atoms with E-state index in [2.05, 4.69) is 64.4 Å². The van der Waals surface area contributed by atoms with Gasteiger partial charge in [-0.15, -0.1) is 0 Å². The van der Waals surface area contributed by atoms with Crippen LogP contribution in [0.4, 0.5) is 5.69 Å². The smallest absolute Gasteiger partial charge is 0.336 e. The van der Waals surface area contributed by atoms with Crippen LogP contribution in [0.5, 0.6) is 0 Å². The van der Waals surface area contributed by atoms with Gasteiger partial charge in [-0.2, -0.15) is 0 Å². The van der Waals surface area contributed by atoms with Crippen molar-refractivity contribution in [2.75, 3.05) is 31.1 Å². The third-order valence-corrected chi connectivity index (χ3v) is 4.17. The lowest BCUT2D eigenvalue weighted by Crippen LogP contribution is -2.48. The number of para-hydroxylation sites is 1. The van der Waals surface area contributed by atoms with Crippen LogP contribution in [-0.4, -0.2) is 38.1 Å². The van der Waals surface area contributed by atoms with E-state index in [0.717, 1.165) is 26.3 Å². The van der Waals surface area contributed by atoms with Crippen LogP contribution in [0.25, 0.3) is 6.08 Å². The SMILES string of the molecule is C1=CN2B(C=Cc3ccccc32)C(N2CCOCC2)=C1. The highest BCUT2D eigenvalue weighted by atomic mass is 16.5. The number of hydrogen-bond donors (Lipinski definition) is 0. The van der Waals surface area contributed by atoms with Gasteiger partial charge < -0.3 is 14.4 Å². The first-order chi connectivity index (χ1) is 9.93. The van der Waals surface area contributed by atoms with Crippen molar-refractivity contribution in [2.24, 2.45) is 0 Å². The maximum atomic E-state index is 5.46. The Morgan fingerprint density at radius 2 is 1.95 bits per heavy atom. The van der Waals surface area contributed by atoms with Crippen molar-refractivity contribution >= 4 is 18.6 Å². The molecule has 0 amide bonds. The molecule has 0 atom stereocenters. The van der Waals surface area contributed by atoms with Gasteiger partial charge in [0.25, 0.3) is 0 Å². The van der Waals surface area contributed by atoms with E-state index >= 15 is 0 Å². The Morgan fingerprint density at radius 3 is 2.85 bits per heavy atom. The lowest BCUT2D eigenvalue weighted by Gasteiger charge is -2.40. The molecule has 3 nitrogen and oxygen atoms in total. The molecule has 0 N–H and O–H groups in total. The summed E-state index contributed by atoms with van der Waals surface area (Å²) in [6, 6.07) is 8.56. The Bertz CT molecular complexity index is 602. The van der Waals surface area contributed by atoms with Gasteiger partial charge in [0.15, 0.2) is 0 Å². The highest BCUT2D eigenvalue weighted by Gasteiger charge is 2.33. The summed E-state index contributed by atoms with van der Waals surface area (Å²) in [7, 11) is 0. The molecule has 3 heterocycles. The van der Waals surface area contributed by atoms with Crippen LogP contribution in [0.1, 0.15) is 5.56 Å². The second kappa shape index (κ2) is 4.87. The fraction of sp³-hybridized carbons (Fsp3) is 0.250. The predicted molar refractivity (Wildman–Crippen MR) is 83.3 cm³/mol. The summed E-state index contributed by atoms with van der Waals surface area (Å²) < 4.78 is 5.46. The third kappa shape index (κ3) is 1.88. The van der Waals surface area contributed by atoms with Crippen molar-refractivity contribution in [3.8, 4) is 0 Å². The molecule has 4 heteroatoms. The number of allylic oxidation sites excluding steroid dienone is 2. The number of benzene rings is 1. The first-order valence-electron chi connectivity index (χ1n) is 7.20. The van der Waals surface area contributed by atoms with Crippen LogP contribution in [0.2, 0.25) is 0 Å². The second-order valence-corrected chi connectivity index (χ2v) is 5.30. The minimum absolute atomic E-state index is 0.313. The summed E-state index contributed by atoms with van der Waals surface area (Å²) in [6.45, 7) is 3.94. The van der Waals surface area contributed by atoms with Crippen molar-refractivity contribution in [1.82, 2.24) is 4.90 Å². The van der Waals surface area contributed by atoms with Crippen molar-refractivity contribution in [3.63, 3.8) is 0 Å². The summed E-state index contributed by atoms with van der Waals surface area (Å²) >= 11 is 0. The normalized spacial score (nSPS) is 20.6. The fourth-order valence-corrected chi connectivity index (χ4v) is 3.16. The Kier molecular flexibility index (Phi) is 2.89. The van der Waals surface area contributed by atoms with Gasteiger partial charge in [0.05, 0.1) is 13.2 Å². The van der Waals surface area contributed by atoms with E-state index in [1.807, 2.05) is 0 Å². The molecule has 3 aliphatic heterocycles. The van der Waals surface area contributed by atoms with Crippen LogP contribution >= 0.6 is 0 Å². The summed E-state index contributed by atoms with van der Waals surface area (Å²) in [5.74, 6) is 2.30. The van der Waals surface area contributed by atoms with E-state index in [9.17, 15) is 0 Å². The van der Waals surface area contributed by atoms with E-state index in [1.54, 1.807) is 0 Å². The maximum Gasteiger partial charge on any atom is 0.336 e. The monoisotopic (exact) mass is 264 g/mol. The lowest BCUT2D eigenvalue weighted by atomic mass is 9.53. The van der Waals surface area contributed by atoms with Gasteiger partial charge in [0, 0.05) is 24.4 Å². The predicted octanol–water partition coefficient (Wildman–Crippen LogP) is 2.33. The number of hydrogen-bond acceptors (Lipinski definition) is 3. The molecule has 100 valence electrons. The first-order valence-corrected chi connectivity index (χ1v) is 7.20. The molecule has 0 unspecified atom stereocenters. The maximum absolute atomic E-state index is 5.46. The summed E-state index contributed by atoms with van der Waals surface area (Å²) in [5.41, 5.74) is 3.95. The lowest BCUT2D eigenvalue weighted by molar-refractivity contribution is 0.0568. The molecule has 0 saturated carbocycles. The minimum Gasteiger partial charge on any atom is -0.382 e. The molecule has 0 radical (unpaired) electrons. The molecular formula is C16H17BN2O. The molecule has 1 aromatic carbocycles. The number of ether oxygens (including phenoxy) is 1. The zero-order chi connectivity index (χ0) is 13.4. The van der Waals surface area contributed by atoms with E-state index in [-0.39, 0.29) is 0 Å². The van der Waals surface area contributed by atoms with Gasteiger partial charge in [-0.25, -0.2) is 0 Å². The van der Waals surface area contributed by atoms with Crippen molar-refractivity contribution < 1.29 is 4.74 Å². The summed E-state index contributed by atoms with van der Waals surface area (Å²) in [5, 5.41) is 0. The molecule has 1 aromatic rings. The number of morpholine rings is 1. The topological polar surface area (TPSA) is 15.7 Å². The average Bonchev–Trinajstić information content (AvgIpc) is 2.55. The molecular weight excluding hydrogens is 247 g/mol. The molecule has 1 saturated heterocycles. The van der Waals surface area contributed by atoms with Crippen molar-refractivity contribution in [1.29, 1.82) is 0 Å². The molecule has 0 bridgehead atoms. The van der Waals surface area contributed by atoms with Gasteiger partial charge in [-0.3, -0.25) is 0 Å². The zero-order valence-electron chi connectivity index (χ0n) is 11.4. The third-order valence-electron chi connectivity index (χ3n) is 4.17. The number of fused-ring (bicyclic) bond motifs is 3. The number of anilines is 1. The fourth-order valence-electron chi connectivity index (χ4n) is 3.16. The Balaban J connectivity index is 1.69. The molecule has 20 heavy (non-hydrogen) atoms. The van der Waals surface area contributed by atoms with Gasteiger partial charge in [-0.1, -0.05) is 30.3 Å². The van der Waals surface area contributed by atoms with Crippen LogP contribution in [0, 0.1) is 0 Å². The van der Waals surface area contributed by atoms with Gasteiger partial charge in [-0.05, 0) is 30.0 Å². The van der Waals surface area contributed by atoms with E-state index in [4.69, 9.17) is 4.74 Å². The van der Waals surface area contributed by atoms with Gasteiger partial charge in [0.2, 0.25) is 0 Å². The van der Waals surface area contributed by atoms with Crippen LogP contribution in [0.3, 0.4) is 0 Å². The van der Waals surface area contributed by atoms with Crippen LogP contribution in [0.15, 0.2) is 54.2 Å². The molecule has 3 aliphatic rings. The van der Waals surface area contributed by atoms with Crippen LogP contribution in [-0.2, 0) is 4.74 Å². The van der Waals surface area contributed by atoms with Gasteiger partial charge >= 0.3 is 6.85 Å². The minimum atomic E-state index is 0.313. The molecule has 0 spiro atoms. The Labute approximate surface area is 119 Å². The Hall–Kier alpha value is -1.94. The highest BCUT2D eigenvalue weighted by molar-refractivity contribution is 6.77. The average molecular weight is 264 g/mol. The molecule has 0 aromatic heterocycles. The zero-order valence-corrected chi connectivity index (χ0v) is 11.4. The second-order valence-electron chi connectivity index (χ2n) is 5.30. The van der Waals surface area contributed by atoms with E-state index in [1.165, 1.54) is 16.8 Å². The molecule has 0 aliphatic carbocycles. The van der Waals surface area contributed by atoms with E-state index in [0.29, 0.717) is 6.85 Å². The van der Waals surface area contributed by atoms with E-state index < -0.39 is 0 Å². The van der Waals surface area contributed by atoms with Crippen molar-refractivity contribution in [3.05, 3.63) is 59.8 Å². The number of rotatable bonds is 1.